The lowest BCUT2D eigenvalue weighted by Gasteiger charge is -2.33. The molecule has 96 valence electrons. The Hall–Kier alpha value is -1.55. The maximum absolute atomic E-state index is 9.96. The third-order valence-electron chi connectivity index (χ3n) is 3.86. The summed E-state index contributed by atoms with van der Waals surface area (Å²) in [6.07, 6.45) is 7.53. The van der Waals surface area contributed by atoms with Gasteiger partial charge in [-0.25, -0.2) is 4.52 Å². The number of rotatable bonds is 2. The molecule has 18 heavy (non-hydrogen) atoms. The summed E-state index contributed by atoms with van der Waals surface area (Å²) in [4.78, 5) is 0. The van der Waals surface area contributed by atoms with Crippen LogP contribution in [-0.4, -0.2) is 26.4 Å². The highest BCUT2D eigenvalue weighted by Crippen LogP contribution is 2.30. The second-order valence-corrected chi connectivity index (χ2v) is 5.50. The molecule has 4 heteroatoms. The Morgan fingerprint density at radius 1 is 1.39 bits per heavy atom. The number of anilines is 1. The van der Waals surface area contributed by atoms with E-state index >= 15 is 0 Å². The van der Waals surface area contributed by atoms with Crippen molar-refractivity contribution in [3.63, 3.8) is 0 Å². The van der Waals surface area contributed by atoms with Crippen molar-refractivity contribution < 1.29 is 5.11 Å². The van der Waals surface area contributed by atoms with Crippen LogP contribution in [0.4, 0.5) is 5.69 Å². The van der Waals surface area contributed by atoms with Gasteiger partial charge >= 0.3 is 0 Å². The number of fused-ring (bicyclic) bond motifs is 1. The van der Waals surface area contributed by atoms with Gasteiger partial charge in [-0.1, -0.05) is 0 Å². The second kappa shape index (κ2) is 4.28. The molecule has 0 bridgehead atoms. The first-order valence-electron chi connectivity index (χ1n) is 6.55. The first-order valence-corrected chi connectivity index (χ1v) is 6.55. The predicted molar refractivity (Wildman–Crippen MR) is 71.7 cm³/mol. The van der Waals surface area contributed by atoms with Crippen molar-refractivity contribution in [1.82, 2.24) is 9.61 Å². The normalized spacial score (nSPS) is 28.4. The third kappa shape index (κ3) is 2.20. The van der Waals surface area contributed by atoms with Crippen LogP contribution in [0.15, 0.2) is 30.6 Å². The summed E-state index contributed by atoms with van der Waals surface area (Å²) in [6, 6.07) is 6.53. The van der Waals surface area contributed by atoms with Gasteiger partial charge in [0.15, 0.2) is 0 Å². The van der Waals surface area contributed by atoms with Gasteiger partial charge in [0.05, 0.1) is 16.8 Å². The Balaban J connectivity index is 1.75. The quantitative estimate of drug-likeness (QED) is 0.854. The summed E-state index contributed by atoms with van der Waals surface area (Å²) in [6.45, 7) is 1.93. The van der Waals surface area contributed by atoms with Crippen molar-refractivity contribution in [2.75, 3.05) is 5.32 Å². The van der Waals surface area contributed by atoms with E-state index in [-0.39, 0.29) is 0 Å². The van der Waals surface area contributed by atoms with Crippen LogP contribution < -0.4 is 5.32 Å². The molecule has 0 atom stereocenters. The Morgan fingerprint density at radius 3 is 2.94 bits per heavy atom. The minimum Gasteiger partial charge on any atom is -0.390 e. The van der Waals surface area contributed by atoms with E-state index in [0.717, 1.165) is 36.9 Å². The van der Waals surface area contributed by atoms with Gasteiger partial charge in [-0.05, 0) is 50.8 Å². The molecule has 0 aliphatic heterocycles. The van der Waals surface area contributed by atoms with Gasteiger partial charge in [-0.2, -0.15) is 5.10 Å². The zero-order valence-corrected chi connectivity index (χ0v) is 10.6. The highest BCUT2D eigenvalue weighted by Gasteiger charge is 2.28. The molecule has 0 spiro atoms. The molecule has 0 aromatic carbocycles. The Bertz CT molecular complexity index is 537. The standard InChI is InChI=1S/C14H19N3O/c1-14(18)7-4-11(5-8-14)16-12-6-9-15-17-10-2-3-13(12)17/h2-3,6,9-11,16,18H,4-5,7-8H2,1H3. The summed E-state index contributed by atoms with van der Waals surface area (Å²) in [5, 5.41) is 17.8. The molecule has 1 fully saturated rings. The van der Waals surface area contributed by atoms with E-state index in [4.69, 9.17) is 0 Å². The van der Waals surface area contributed by atoms with Crippen LogP contribution in [0.2, 0.25) is 0 Å². The van der Waals surface area contributed by atoms with Crippen molar-refractivity contribution in [3.8, 4) is 0 Å². The number of aliphatic hydroxyl groups is 1. The molecule has 1 aliphatic carbocycles. The topological polar surface area (TPSA) is 49.6 Å². The number of nitrogens with zero attached hydrogens (tertiary/aromatic N) is 2. The Labute approximate surface area is 107 Å². The molecule has 2 aromatic rings. The second-order valence-electron chi connectivity index (χ2n) is 5.50. The minimum absolute atomic E-state index is 0.450. The molecule has 0 amide bonds. The monoisotopic (exact) mass is 245 g/mol. The molecule has 1 saturated carbocycles. The van der Waals surface area contributed by atoms with Crippen molar-refractivity contribution in [1.29, 1.82) is 0 Å². The molecule has 2 N–H and O–H groups in total. The minimum atomic E-state index is -0.471. The van der Waals surface area contributed by atoms with Crippen LogP contribution in [0, 0.1) is 0 Å². The fraction of sp³-hybridized carbons (Fsp3) is 0.500. The smallest absolute Gasteiger partial charge is 0.0878 e. The molecule has 2 heterocycles. The average molecular weight is 245 g/mol. The van der Waals surface area contributed by atoms with E-state index in [9.17, 15) is 5.11 Å². The van der Waals surface area contributed by atoms with Crippen molar-refractivity contribution in [3.05, 3.63) is 30.6 Å². The van der Waals surface area contributed by atoms with Gasteiger partial charge in [-0.15, -0.1) is 0 Å². The number of aromatic nitrogens is 2. The number of nitrogens with one attached hydrogen (secondary N) is 1. The van der Waals surface area contributed by atoms with Crippen LogP contribution in [0.3, 0.4) is 0 Å². The number of hydrogen-bond acceptors (Lipinski definition) is 3. The highest BCUT2D eigenvalue weighted by molar-refractivity contribution is 5.71. The Morgan fingerprint density at radius 2 is 2.17 bits per heavy atom. The van der Waals surface area contributed by atoms with Gasteiger partial charge in [0.2, 0.25) is 0 Å². The van der Waals surface area contributed by atoms with Gasteiger partial charge in [0, 0.05) is 18.4 Å². The fourth-order valence-electron chi connectivity index (χ4n) is 2.68. The zero-order valence-electron chi connectivity index (χ0n) is 10.6. The van der Waals surface area contributed by atoms with E-state index in [1.807, 2.05) is 36.0 Å². The van der Waals surface area contributed by atoms with Crippen molar-refractivity contribution in [2.24, 2.45) is 0 Å². The fourth-order valence-corrected chi connectivity index (χ4v) is 2.68. The molecular weight excluding hydrogens is 226 g/mol. The van der Waals surface area contributed by atoms with E-state index in [1.54, 1.807) is 0 Å². The molecule has 0 radical (unpaired) electrons. The average Bonchev–Trinajstić information content (AvgIpc) is 2.81. The van der Waals surface area contributed by atoms with Crippen molar-refractivity contribution in [2.45, 2.75) is 44.2 Å². The van der Waals surface area contributed by atoms with Crippen LogP contribution in [0.5, 0.6) is 0 Å². The van der Waals surface area contributed by atoms with E-state index < -0.39 is 5.60 Å². The Kier molecular flexibility index (Phi) is 2.74. The maximum atomic E-state index is 9.96. The molecule has 3 rings (SSSR count). The summed E-state index contributed by atoms with van der Waals surface area (Å²) in [5.74, 6) is 0. The van der Waals surface area contributed by atoms with Gasteiger partial charge < -0.3 is 10.4 Å². The van der Waals surface area contributed by atoms with Crippen LogP contribution in [0.25, 0.3) is 5.52 Å². The molecule has 2 aromatic heterocycles. The van der Waals surface area contributed by atoms with Gasteiger partial charge in [0.25, 0.3) is 0 Å². The van der Waals surface area contributed by atoms with E-state index in [1.165, 1.54) is 0 Å². The van der Waals surface area contributed by atoms with Gasteiger partial charge in [0.1, 0.15) is 0 Å². The first kappa shape index (κ1) is 11.5. The van der Waals surface area contributed by atoms with E-state index in [0.29, 0.717) is 6.04 Å². The number of hydrogen-bond donors (Lipinski definition) is 2. The van der Waals surface area contributed by atoms with Crippen LogP contribution in [-0.2, 0) is 0 Å². The van der Waals surface area contributed by atoms with Crippen LogP contribution >= 0.6 is 0 Å². The lowest BCUT2D eigenvalue weighted by atomic mass is 9.83. The largest absolute Gasteiger partial charge is 0.390 e. The van der Waals surface area contributed by atoms with E-state index in [2.05, 4.69) is 16.5 Å². The molecular formula is C14H19N3O. The molecule has 4 nitrogen and oxygen atoms in total. The summed E-state index contributed by atoms with van der Waals surface area (Å²) in [7, 11) is 0. The lowest BCUT2D eigenvalue weighted by molar-refractivity contribution is 0.0196. The van der Waals surface area contributed by atoms with Crippen molar-refractivity contribution >= 4 is 11.2 Å². The highest BCUT2D eigenvalue weighted by atomic mass is 16.3. The summed E-state index contributed by atoms with van der Waals surface area (Å²) >= 11 is 0. The zero-order chi connectivity index (χ0) is 12.6. The maximum Gasteiger partial charge on any atom is 0.0878 e. The van der Waals surface area contributed by atoms with Gasteiger partial charge in [-0.3, -0.25) is 0 Å². The molecule has 0 unspecified atom stereocenters. The first-order chi connectivity index (χ1) is 8.64. The predicted octanol–water partition coefficient (Wildman–Crippen LogP) is 2.44. The lowest BCUT2D eigenvalue weighted by Crippen LogP contribution is -2.35. The van der Waals surface area contributed by atoms with Crippen LogP contribution in [0.1, 0.15) is 32.6 Å². The summed E-state index contributed by atoms with van der Waals surface area (Å²) in [5.41, 5.74) is 1.76. The molecule has 0 saturated heterocycles. The summed E-state index contributed by atoms with van der Waals surface area (Å²) < 4.78 is 1.88. The third-order valence-corrected chi connectivity index (χ3v) is 3.86. The molecule has 1 aliphatic rings. The SMILES string of the molecule is CC1(O)CCC(Nc2ccnn3cccc23)CC1.